The molecule has 0 radical (unpaired) electrons. The van der Waals surface area contributed by atoms with Gasteiger partial charge in [-0.15, -0.1) is 0 Å². The molecular weight excluding hydrogens is 190 g/mol. The van der Waals surface area contributed by atoms with Crippen LogP contribution < -0.4 is 5.32 Å². The summed E-state index contributed by atoms with van der Waals surface area (Å²) < 4.78 is 5.99. The van der Waals surface area contributed by atoms with Gasteiger partial charge in [-0.2, -0.15) is 0 Å². The van der Waals surface area contributed by atoms with Crippen LogP contribution in [-0.2, 0) is 4.74 Å². The Labute approximate surface area is 93.2 Å². The molecule has 0 saturated carbocycles. The lowest BCUT2D eigenvalue weighted by molar-refractivity contribution is -0.0707. The molecule has 15 heavy (non-hydrogen) atoms. The molecule has 1 aliphatic heterocycles. The summed E-state index contributed by atoms with van der Waals surface area (Å²) >= 11 is 0. The van der Waals surface area contributed by atoms with Crippen LogP contribution in [0.4, 0.5) is 0 Å². The predicted octanol–water partition coefficient (Wildman–Crippen LogP) is 1.69. The van der Waals surface area contributed by atoms with Crippen LogP contribution in [0.2, 0.25) is 0 Å². The van der Waals surface area contributed by atoms with E-state index in [-0.39, 0.29) is 23.9 Å². The van der Waals surface area contributed by atoms with Crippen molar-refractivity contribution in [3.63, 3.8) is 0 Å². The fraction of sp³-hybridized carbons (Fsp3) is 1.00. The van der Waals surface area contributed by atoms with Crippen LogP contribution in [0.15, 0.2) is 0 Å². The predicted molar refractivity (Wildman–Crippen MR) is 61.9 cm³/mol. The molecule has 0 amide bonds. The Balaban J connectivity index is 2.62. The molecule has 1 fully saturated rings. The second kappa shape index (κ2) is 4.40. The Morgan fingerprint density at radius 3 is 2.33 bits per heavy atom. The third-order valence-electron chi connectivity index (χ3n) is 3.22. The van der Waals surface area contributed by atoms with Crippen LogP contribution in [0.25, 0.3) is 0 Å². The largest absolute Gasteiger partial charge is 0.395 e. The summed E-state index contributed by atoms with van der Waals surface area (Å²) in [5.41, 5.74) is -0.207. The molecule has 2 N–H and O–H groups in total. The lowest BCUT2D eigenvalue weighted by Gasteiger charge is -2.30. The summed E-state index contributed by atoms with van der Waals surface area (Å²) in [6.07, 6.45) is 1.94. The Bertz CT molecular complexity index is 210. The van der Waals surface area contributed by atoms with Crippen LogP contribution in [0.1, 0.15) is 47.5 Å². The number of hydrogen-bond donors (Lipinski definition) is 2. The fourth-order valence-electron chi connectivity index (χ4n) is 2.41. The van der Waals surface area contributed by atoms with Crippen molar-refractivity contribution in [2.75, 3.05) is 6.61 Å². The molecule has 0 aromatic rings. The number of ether oxygens (including phenoxy) is 1. The van der Waals surface area contributed by atoms with Gasteiger partial charge >= 0.3 is 0 Å². The van der Waals surface area contributed by atoms with Crippen molar-refractivity contribution in [2.24, 2.45) is 0 Å². The van der Waals surface area contributed by atoms with E-state index in [9.17, 15) is 5.11 Å². The number of aliphatic hydroxyl groups excluding tert-OH is 1. The zero-order chi connectivity index (χ0) is 11.7. The molecule has 1 rings (SSSR count). The molecule has 90 valence electrons. The first-order chi connectivity index (χ1) is 6.80. The van der Waals surface area contributed by atoms with Crippen molar-refractivity contribution in [1.29, 1.82) is 0 Å². The Hall–Kier alpha value is -0.120. The van der Waals surface area contributed by atoms with Gasteiger partial charge in [0.05, 0.1) is 17.8 Å². The number of hydrogen-bond acceptors (Lipinski definition) is 3. The van der Waals surface area contributed by atoms with E-state index in [0.717, 1.165) is 12.8 Å². The molecule has 1 aliphatic rings. The second-order valence-corrected chi connectivity index (χ2v) is 5.68. The minimum Gasteiger partial charge on any atom is -0.395 e. The average molecular weight is 215 g/mol. The molecule has 0 bridgehead atoms. The average Bonchev–Trinajstić information content (AvgIpc) is 2.30. The minimum atomic E-state index is -0.147. The first-order valence-electron chi connectivity index (χ1n) is 5.88. The SMILES string of the molecule is CC[C@@H](CO)NC1CC(C)(C)OC1(C)C. The Kier molecular flexibility index (Phi) is 3.80. The molecule has 1 heterocycles. The maximum Gasteiger partial charge on any atom is 0.0787 e. The van der Waals surface area contributed by atoms with E-state index in [2.05, 4.69) is 39.9 Å². The van der Waals surface area contributed by atoms with Gasteiger partial charge in [0.15, 0.2) is 0 Å². The van der Waals surface area contributed by atoms with Crippen LogP contribution in [0, 0.1) is 0 Å². The van der Waals surface area contributed by atoms with E-state index in [1.165, 1.54) is 0 Å². The van der Waals surface area contributed by atoms with Gasteiger partial charge in [-0.3, -0.25) is 0 Å². The first-order valence-corrected chi connectivity index (χ1v) is 5.88. The standard InChI is InChI=1S/C12H25NO2/c1-6-9(8-14)13-10-7-11(2,3)15-12(10,4)5/h9-10,13-14H,6-8H2,1-5H3/t9-,10?/m0/s1. The van der Waals surface area contributed by atoms with Gasteiger partial charge in [0.2, 0.25) is 0 Å². The molecule has 0 aromatic heterocycles. The summed E-state index contributed by atoms with van der Waals surface area (Å²) in [4.78, 5) is 0. The number of nitrogens with one attached hydrogen (secondary N) is 1. The van der Waals surface area contributed by atoms with E-state index in [0.29, 0.717) is 6.04 Å². The van der Waals surface area contributed by atoms with Crippen LogP contribution in [0.3, 0.4) is 0 Å². The molecule has 3 nitrogen and oxygen atoms in total. The lowest BCUT2D eigenvalue weighted by atomic mass is 9.93. The highest BCUT2D eigenvalue weighted by Gasteiger charge is 2.46. The van der Waals surface area contributed by atoms with Gasteiger partial charge < -0.3 is 15.2 Å². The molecule has 2 atom stereocenters. The zero-order valence-corrected chi connectivity index (χ0v) is 10.6. The minimum absolute atomic E-state index is 0.0606. The highest BCUT2D eigenvalue weighted by atomic mass is 16.5. The Morgan fingerprint density at radius 2 is 2.00 bits per heavy atom. The summed E-state index contributed by atoms with van der Waals surface area (Å²) in [5.74, 6) is 0. The fourth-order valence-corrected chi connectivity index (χ4v) is 2.41. The van der Waals surface area contributed by atoms with Gasteiger partial charge in [0.1, 0.15) is 0 Å². The van der Waals surface area contributed by atoms with Crippen molar-refractivity contribution in [3.8, 4) is 0 Å². The van der Waals surface area contributed by atoms with E-state index in [1.54, 1.807) is 0 Å². The van der Waals surface area contributed by atoms with E-state index in [1.807, 2.05) is 0 Å². The second-order valence-electron chi connectivity index (χ2n) is 5.68. The van der Waals surface area contributed by atoms with Crippen molar-refractivity contribution < 1.29 is 9.84 Å². The van der Waals surface area contributed by atoms with Crippen molar-refractivity contribution in [3.05, 3.63) is 0 Å². The van der Waals surface area contributed by atoms with Gasteiger partial charge in [0, 0.05) is 12.1 Å². The number of rotatable bonds is 4. The lowest BCUT2D eigenvalue weighted by Crippen LogP contribution is -2.49. The molecule has 0 aliphatic carbocycles. The molecule has 0 aromatic carbocycles. The summed E-state index contributed by atoms with van der Waals surface area (Å²) in [6.45, 7) is 10.8. The van der Waals surface area contributed by atoms with E-state index in [4.69, 9.17) is 4.74 Å². The van der Waals surface area contributed by atoms with E-state index >= 15 is 0 Å². The van der Waals surface area contributed by atoms with Crippen LogP contribution in [-0.4, -0.2) is 35.0 Å². The maximum absolute atomic E-state index is 9.18. The molecule has 0 spiro atoms. The van der Waals surface area contributed by atoms with Crippen molar-refractivity contribution >= 4 is 0 Å². The number of aliphatic hydroxyl groups is 1. The quantitative estimate of drug-likeness (QED) is 0.750. The van der Waals surface area contributed by atoms with Crippen LogP contribution >= 0.6 is 0 Å². The monoisotopic (exact) mass is 215 g/mol. The van der Waals surface area contributed by atoms with Crippen LogP contribution in [0.5, 0.6) is 0 Å². The smallest absolute Gasteiger partial charge is 0.0787 e. The maximum atomic E-state index is 9.18. The highest BCUT2D eigenvalue weighted by Crippen LogP contribution is 2.37. The zero-order valence-electron chi connectivity index (χ0n) is 10.6. The van der Waals surface area contributed by atoms with Gasteiger partial charge in [-0.1, -0.05) is 6.92 Å². The third-order valence-corrected chi connectivity index (χ3v) is 3.22. The highest BCUT2D eigenvalue weighted by molar-refractivity contribution is 4.99. The summed E-state index contributed by atoms with van der Waals surface area (Å²) in [7, 11) is 0. The Morgan fingerprint density at radius 1 is 1.40 bits per heavy atom. The molecule has 1 saturated heterocycles. The van der Waals surface area contributed by atoms with E-state index < -0.39 is 0 Å². The van der Waals surface area contributed by atoms with Gasteiger partial charge in [-0.25, -0.2) is 0 Å². The van der Waals surface area contributed by atoms with Gasteiger partial charge in [-0.05, 0) is 40.5 Å². The van der Waals surface area contributed by atoms with Crippen molar-refractivity contribution in [1.82, 2.24) is 5.32 Å². The van der Waals surface area contributed by atoms with Gasteiger partial charge in [0.25, 0.3) is 0 Å². The first kappa shape index (κ1) is 12.9. The summed E-state index contributed by atoms with van der Waals surface area (Å²) in [5, 5.41) is 12.7. The van der Waals surface area contributed by atoms with Crippen molar-refractivity contribution in [2.45, 2.75) is 70.7 Å². The normalized spacial score (nSPS) is 30.4. The molecule has 3 heteroatoms. The summed E-state index contributed by atoms with van der Waals surface area (Å²) in [6, 6.07) is 0.511. The molecule has 1 unspecified atom stereocenters. The third kappa shape index (κ3) is 3.16. The molecular formula is C12H25NO2. The topological polar surface area (TPSA) is 41.5 Å².